The van der Waals surface area contributed by atoms with Gasteiger partial charge in [0.05, 0.1) is 11.0 Å². The summed E-state index contributed by atoms with van der Waals surface area (Å²) in [5, 5.41) is 12.4. The zero-order valence-corrected chi connectivity index (χ0v) is 51.2. The summed E-state index contributed by atoms with van der Waals surface area (Å²) < 4.78 is 23.6. The molecular weight excluding hydrogens is 1160 g/mol. The van der Waals surface area contributed by atoms with E-state index in [4.69, 9.17) is 8.83 Å². The number of aromatic nitrogens is 2. The highest BCUT2D eigenvalue weighted by molar-refractivity contribution is 7.27. The maximum atomic E-state index is 6.79. The molecule has 0 bridgehead atoms. The molecule has 20 rings (SSSR count). The molecule has 4 nitrogen and oxygen atoms in total. The summed E-state index contributed by atoms with van der Waals surface area (Å²) in [6, 6.07) is 113. The van der Waals surface area contributed by atoms with Crippen molar-refractivity contribution in [3.05, 3.63) is 315 Å². The number of benzene rings is 14. The summed E-state index contributed by atoms with van der Waals surface area (Å²) in [4.78, 5) is 0. The fraction of sp³-hybridized carbons (Fsp3) is 0. The average Bonchev–Trinajstić information content (AvgIpc) is 1.58. The number of nitrogens with zero attached hydrogens (tertiary/aromatic N) is 2. The number of furan rings is 2. The molecule has 14 aromatic carbocycles. The van der Waals surface area contributed by atoms with Gasteiger partial charge in [-0.15, -0.1) is 22.7 Å². The van der Waals surface area contributed by atoms with Gasteiger partial charge in [0.1, 0.15) is 22.2 Å². The first-order valence-corrected chi connectivity index (χ1v) is 32.8. The third-order valence-electron chi connectivity index (χ3n) is 18.6. The minimum Gasteiger partial charge on any atom is -0.453 e. The molecule has 430 valence electrons. The van der Waals surface area contributed by atoms with Gasteiger partial charge in [-0.05, 0) is 128 Å². The Balaban J connectivity index is 0.000000132. The maximum Gasteiger partial charge on any atom is 0.161 e. The van der Waals surface area contributed by atoms with Crippen molar-refractivity contribution in [2.75, 3.05) is 0 Å². The highest BCUT2D eigenvalue weighted by atomic mass is 32.1. The summed E-state index contributed by atoms with van der Waals surface area (Å²) in [5.74, 6) is 0. The summed E-state index contributed by atoms with van der Waals surface area (Å²) in [7, 11) is 0. The van der Waals surface area contributed by atoms with Crippen molar-refractivity contribution >= 4 is 140 Å². The van der Waals surface area contributed by atoms with E-state index in [1.54, 1.807) is 0 Å². The second kappa shape index (κ2) is 21.0. The molecule has 0 aliphatic rings. The molecule has 0 N–H and O–H groups in total. The number of hydrogen-bond donors (Lipinski definition) is 0. The topological polar surface area (TPSA) is 36.1 Å². The van der Waals surface area contributed by atoms with Gasteiger partial charge in [0.2, 0.25) is 0 Å². The monoisotopic (exact) mass is 1210 g/mol. The Hall–Kier alpha value is -11.5. The largest absolute Gasteiger partial charge is 0.453 e. The third-order valence-corrected chi connectivity index (χ3v) is 21.1. The van der Waals surface area contributed by atoms with Gasteiger partial charge in [0.25, 0.3) is 0 Å². The molecule has 0 spiro atoms. The van der Waals surface area contributed by atoms with E-state index < -0.39 is 0 Å². The average molecular weight is 1210 g/mol. The minimum absolute atomic E-state index is 0.917. The van der Waals surface area contributed by atoms with Gasteiger partial charge in [0.15, 0.2) is 11.2 Å². The lowest BCUT2D eigenvalue weighted by molar-refractivity contribution is 0.673. The van der Waals surface area contributed by atoms with Crippen LogP contribution in [0.2, 0.25) is 0 Å². The fourth-order valence-electron chi connectivity index (χ4n) is 14.5. The summed E-state index contributed by atoms with van der Waals surface area (Å²) in [6.07, 6.45) is 0. The number of hydrogen-bond acceptors (Lipinski definition) is 4. The number of thiophene rings is 2. The van der Waals surface area contributed by atoms with E-state index in [1.165, 1.54) is 84.5 Å². The lowest BCUT2D eigenvalue weighted by atomic mass is 9.95. The Morgan fingerprint density at radius 2 is 0.598 bits per heavy atom. The maximum absolute atomic E-state index is 6.79. The van der Waals surface area contributed by atoms with Crippen molar-refractivity contribution in [1.82, 2.24) is 9.13 Å². The van der Waals surface area contributed by atoms with Crippen LogP contribution < -0.4 is 0 Å². The Kier molecular flexibility index (Phi) is 12.0. The van der Waals surface area contributed by atoms with Gasteiger partial charge >= 0.3 is 0 Å². The smallest absolute Gasteiger partial charge is 0.161 e. The van der Waals surface area contributed by atoms with Crippen LogP contribution in [0.3, 0.4) is 0 Å². The zero-order chi connectivity index (χ0) is 60.4. The Morgan fingerprint density at radius 1 is 0.228 bits per heavy atom. The van der Waals surface area contributed by atoms with E-state index in [9.17, 15) is 0 Å². The van der Waals surface area contributed by atoms with E-state index in [0.717, 1.165) is 99.6 Å². The first-order chi connectivity index (χ1) is 45.7. The van der Waals surface area contributed by atoms with Crippen molar-refractivity contribution in [2.24, 2.45) is 0 Å². The van der Waals surface area contributed by atoms with Crippen molar-refractivity contribution in [3.8, 4) is 67.0 Å². The standard InChI is InChI=1S/C44H27NOS.C42H25NOS/c1-3-12-28(13-4-1)34-19-10-20-36-40-32(17-11-23-39(40)47-44(34)36)29-24-26-30(27-25-29)33-18-9-21-37-41-43(46-42(33)37)35-16-7-8-22-38(35)45(41)31-14-5-2-6-15-31;1-2-11-29(12-3-1)43-36-18-7-6-14-33(36)41-39(43)35-17-8-16-31(40(35)44-41)28-22-20-27(21-23-28)30-15-9-19-37-38(30)34-25-24-26-10-4-5-13-32(26)42(34)45-37/h1-27H;1-25H. The van der Waals surface area contributed by atoms with Crippen molar-refractivity contribution in [3.63, 3.8) is 0 Å². The minimum atomic E-state index is 0.917. The number of para-hydroxylation sites is 6. The fourth-order valence-corrected chi connectivity index (χ4v) is 17.0. The van der Waals surface area contributed by atoms with Gasteiger partial charge < -0.3 is 18.0 Å². The van der Waals surface area contributed by atoms with Crippen LogP contribution in [0.1, 0.15) is 0 Å². The predicted molar refractivity (Wildman–Crippen MR) is 392 cm³/mol. The van der Waals surface area contributed by atoms with Gasteiger partial charge in [-0.1, -0.05) is 243 Å². The van der Waals surface area contributed by atoms with Gasteiger partial charge in [-0.25, -0.2) is 0 Å². The molecule has 0 saturated heterocycles. The summed E-state index contributed by atoms with van der Waals surface area (Å²) in [6.45, 7) is 0. The van der Waals surface area contributed by atoms with Crippen molar-refractivity contribution in [1.29, 1.82) is 0 Å². The van der Waals surface area contributed by atoms with Crippen LogP contribution in [0.25, 0.3) is 184 Å². The molecule has 92 heavy (non-hydrogen) atoms. The number of rotatable bonds is 7. The molecule has 6 heteroatoms. The van der Waals surface area contributed by atoms with Crippen LogP contribution in [0, 0.1) is 0 Å². The van der Waals surface area contributed by atoms with Gasteiger partial charge in [0, 0.05) is 84.4 Å². The highest BCUT2D eigenvalue weighted by Gasteiger charge is 2.24. The van der Waals surface area contributed by atoms with Gasteiger partial charge in [-0.3, -0.25) is 0 Å². The molecule has 0 radical (unpaired) electrons. The van der Waals surface area contributed by atoms with Crippen LogP contribution in [0.15, 0.2) is 324 Å². The molecule has 0 aliphatic carbocycles. The van der Waals surface area contributed by atoms with E-state index in [1.807, 2.05) is 22.7 Å². The third kappa shape index (κ3) is 8.14. The first kappa shape index (κ1) is 52.4. The Bertz CT molecular complexity index is 6280. The lowest BCUT2D eigenvalue weighted by Crippen LogP contribution is -1.92. The molecular formula is C86H52N2O2S2. The molecule has 0 aliphatic heterocycles. The molecule has 0 fully saturated rings. The van der Waals surface area contributed by atoms with Crippen LogP contribution in [-0.2, 0) is 0 Å². The molecule has 0 unspecified atom stereocenters. The second-order valence-electron chi connectivity index (χ2n) is 23.7. The SMILES string of the molecule is c1ccc(-c2cccc3c2sc2cccc(-c4ccc(-c5cccc6c5oc5c7ccccc7n(-c7ccccc7)c65)cc4)c23)cc1.c1ccc(-n2c3ccccc3c3oc4c(-c5ccc(-c6cccc7sc8c9ccccc9ccc8c67)cc5)cccc4c32)cc1. The summed E-state index contributed by atoms with van der Waals surface area (Å²) in [5.41, 5.74) is 22.4. The van der Waals surface area contributed by atoms with E-state index in [0.29, 0.717) is 0 Å². The summed E-state index contributed by atoms with van der Waals surface area (Å²) >= 11 is 3.77. The van der Waals surface area contributed by atoms with E-state index in [-0.39, 0.29) is 0 Å². The first-order valence-electron chi connectivity index (χ1n) is 31.2. The van der Waals surface area contributed by atoms with Crippen molar-refractivity contribution < 1.29 is 8.83 Å². The van der Waals surface area contributed by atoms with Crippen LogP contribution in [0.5, 0.6) is 0 Å². The zero-order valence-electron chi connectivity index (χ0n) is 49.5. The van der Waals surface area contributed by atoms with E-state index >= 15 is 0 Å². The Morgan fingerprint density at radius 3 is 1.12 bits per heavy atom. The molecule has 6 heterocycles. The lowest BCUT2D eigenvalue weighted by Gasteiger charge is -2.09. The van der Waals surface area contributed by atoms with Crippen LogP contribution in [-0.4, -0.2) is 9.13 Å². The highest BCUT2D eigenvalue weighted by Crippen LogP contribution is 2.48. The predicted octanol–water partition coefficient (Wildman–Crippen LogP) is 25.3. The van der Waals surface area contributed by atoms with Crippen molar-refractivity contribution in [2.45, 2.75) is 0 Å². The molecule has 20 aromatic rings. The normalized spacial score (nSPS) is 11.9. The van der Waals surface area contributed by atoms with Crippen LogP contribution in [0.4, 0.5) is 0 Å². The van der Waals surface area contributed by atoms with Crippen LogP contribution >= 0.6 is 22.7 Å². The molecule has 0 saturated carbocycles. The Labute approximate surface area is 536 Å². The van der Waals surface area contributed by atoms with Gasteiger partial charge in [-0.2, -0.15) is 0 Å². The quantitative estimate of drug-likeness (QED) is 0.159. The van der Waals surface area contributed by atoms with E-state index in [2.05, 4.69) is 325 Å². The molecule has 0 amide bonds. The molecule has 6 aromatic heterocycles. The number of fused-ring (bicyclic) bond motifs is 18. The second-order valence-corrected chi connectivity index (χ2v) is 25.8. The molecule has 0 atom stereocenters.